The maximum Gasteiger partial charge on any atom is 0.0473 e. The minimum Gasteiger partial charge on any atom is -0.382 e. The SMILES string of the molecule is CCNCCSCCCOCC.[HH]. The van der Waals surface area contributed by atoms with Crippen LogP contribution in [-0.4, -0.2) is 37.8 Å². The standard InChI is InChI=1S/C9H21NOS.H2/c1-3-10-6-9-12-8-5-7-11-4-2;/h10H,3-9H2,1-2H3;1H. The zero-order valence-electron chi connectivity index (χ0n) is 8.27. The van der Waals surface area contributed by atoms with Crippen molar-refractivity contribution in [2.24, 2.45) is 0 Å². The molecule has 2 nitrogen and oxygen atoms in total. The van der Waals surface area contributed by atoms with Crippen LogP contribution in [0.5, 0.6) is 0 Å². The monoisotopic (exact) mass is 193 g/mol. The van der Waals surface area contributed by atoms with Crippen LogP contribution in [0.4, 0.5) is 0 Å². The summed E-state index contributed by atoms with van der Waals surface area (Å²) >= 11 is 2.00. The average molecular weight is 193 g/mol. The first-order valence-electron chi connectivity index (χ1n) is 4.78. The van der Waals surface area contributed by atoms with Crippen LogP contribution in [0, 0.1) is 0 Å². The van der Waals surface area contributed by atoms with E-state index in [0.29, 0.717) is 0 Å². The number of hydrogen-bond donors (Lipinski definition) is 1. The molecule has 0 rings (SSSR count). The molecule has 0 spiro atoms. The Morgan fingerprint density at radius 1 is 1.33 bits per heavy atom. The van der Waals surface area contributed by atoms with Crippen LogP contribution in [0.1, 0.15) is 21.7 Å². The summed E-state index contributed by atoms with van der Waals surface area (Å²) in [5, 5.41) is 3.30. The Labute approximate surface area is 81.9 Å². The predicted molar refractivity (Wildman–Crippen MR) is 59.1 cm³/mol. The van der Waals surface area contributed by atoms with E-state index in [0.717, 1.165) is 26.3 Å². The van der Waals surface area contributed by atoms with Crippen LogP contribution in [0.15, 0.2) is 0 Å². The molecule has 0 fully saturated rings. The van der Waals surface area contributed by atoms with Gasteiger partial charge >= 0.3 is 0 Å². The van der Waals surface area contributed by atoms with E-state index in [2.05, 4.69) is 12.2 Å². The van der Waals surface area contributed by atoms with E-state index < -0.39 is 0 Å². The highest BCUT2D eigenvalue weighted by molar-refractivity contribution is 7.99. The van der Waals surface area contributed by atoms with E-state index in [1.807, 2.05) is 18.7 Å². The molecular weight excluding hydrogens is 170 g/mol. The number of thioether (sulfide) groups is 1. The second-order valence-electron chi connectivity index (χ2n) is 2.52. The first-order valence-corrected chi connectivity index (χ1v) is 5.93. The summed E-state index contributed by atoms with van der Waals surface area (Å²) in [4.78, 5) is 0. The third kappa shape index (κ3) is 10.3. The molecule has 12 heavy (non-hydrogen) atoms. The fraction of sp³-hybridized carbons (Fsp3) is 1.00. The van der Waals surface area contributed by atoms with Crippen molar-refractivity contribution in [1.29, 1.82) is 0 Å². The molecule has 1 N–H and O–H groups in total. The lowest BCUT2D eigenvalue weighted by molar-refractivity contribution is 0.149. The summed E-state index contributed by atoms with van der Waals surface area (Å²) in [6, 6.07) is 0. The molecular formula is C9H23NOS. The maximum atomic E-state index is 5.23. The van der Waals surface area contributed by atoms with Crippen LogP contribution in [0.2, 0.25) is 0 Å². The smallest absolute Gasteiger partial charge is 0.0473 e. The second kappa shape index (κ2) is 11.3. The normalized spacial score (nSPS) is 10.5. The minimum absolute atomic E-state index is 0. The minimum atomic E-state index is 0. The highest BCUT2D eigenvalue weighted by Gasteiger charge is 1.89. The lowest BCUT2D eigenvalue weighted by Crippen LogP contribution is -2.16. The van der Waals surface area contributed by atoms with Crippen molar-refractivity contribution < 1.29 is 6.16 Å². The van der Waals surface area contributed by atoms with Crippen LogP contribution >= 0.6 is 11.8 Å². The van der Waals surface area contributed by atoms with Crippen molar-refractivity contribution in [3.05, 3.63) is 0 Å². The number of rotatable bonds is 9. The van der Waals surface area contributed by atoms with E-state index in [1.54, 1.807) is 0 Å². The number of ether oxygens (including phenoxy) is 1. The quantitative estimate of drug-likeness (QED) is 0.566. The molecule has 0 radical (unpaired) electrons. The molecule has 0 unspecified atom stereocenters. The summed E-state index contributed by atoms with van der Waals surface area (Å²) in [6.07, 6.45) is 1.19. The molecule has 0 amide bonds. The van der Waals surface area contributed by atoms with Crippen LogP contribution in [-0.2, 0) is 4.74 Å². The lowest BCUT2D eigenvalue weighted by atomic mass is 10.5. The Kier molecular flexibility index (Phi) is 11.5. The van der Waals surface area contributed by atoms with Crippen molar-refractivity contribution in [2.45, 2.75) is 20.3 Å². The highest BCUT2D eigenvalue weighted by Crippen LogP contribution is 2.00. The molecule has 0 bridgehead atoms. The van der Waals surface area contributed by atoms with E-state index in [-0.39, 0.29) is 1.43 Å². The van der Waals surface area contributed by atoms with Gasteiger partial charge in [0.2, 0.25) is 0 Å². The van der Waals surface area contributed by atoms with Gasteiger partial charge in [-0.15, -0.1) is 0 Å². The summed E-state index contributed by atoms with van der Waals surface area (Å²) in [5.41, 5.74) is 0. The lowest BCUT2D eigenvalue weighted by Gasteiger charge is -2.02. The fourth-order valence-corrected chi connectivity index (χ4v) is 1.65. The van der Waals surface area contributed by atoms with E-state index in [4.69, 9.17) is 4.74 Å². The van der Waals surface area contributed by atoms with E-state index in [9.17, 15) is 0 Å². The average Bonchev–Trinajstić information content (AvgIpc) is 2.10. The molecule has 3 heteroatoms. The van der Waals surface area contributed by atoms with Gasteiger partial charge in [0.25, 0.3) is 0 Å². The maximum absolute atomic E-state index is 5.23. The van der Waals surface area contributed by atoms with Crippen molar-refractivity contribution in [2.75, 3.05) is 37.8 Å². The Bertz CT molecular complexity index is 76.0. The van der Waals surface area contributed by atoms with Gasteiger partial charge in [-0.2, -0.15) is 11.8 Å². The highest BCUT2D eigenvalue weighted by atomic mass is 32.2. The molecule has 0 aromatic rings. The first kappa shape index (κ1) is 12.3. The summed E-state index contributed by atoms with van der Waals surface area (Å²) in [7, 11) is 0. The third-order valence-electron chi connectivity index (χ3n) is 1.45. The number of nitrogens with one attached hydrogen (secondary N) is 1. The van der Waals surface area contributed by atoms with Crippen molar-refractivity contribution in [3.8, 4) is 0 Å². The molecule has 0 aromatic heterocycles. The number of hydrogen-bond acceptors (Lipinski definition) is 3. The molecule has 0 saturated heterocycles. The van der Waals surface area contributed by atoms with Gasteiger partial charge in [-0.1, -0.05) is 6.92 Å². The zero-order chi connectivity index (χ0) is 9.07. The van der Waals surface area contributed by atoms with Gasteiger partial charge in [-0.05, 0) is 25.6 Å². The Balaban J connectivity index is 0. The van der Waals surface area contributed by atoms with Gasteiger partial charge in [0.15, 0.2) is 0 Å². The van der Waals surface area contributed by atoms with Gasteiger partial charge in [-0.25, -0.2) is 0 Å². The molecule has 0 aliphatic carbocycles. The van der Waals surface area contributed by atoms with Gasteiger partial charge in [0, 0.05) is 26.9 Å². The van der Waals surface area contributed by atoms with Crippen molar-refractivity contribution in [1.82, 2.24) is 5.32 Å². The van der Waals surface area contributed by atoms with Crippen LogP contribution < -0.4 is 5.32 Å². The molecule has 0 aromatic carbocycles. The molecule has 76 valence electrons. The fourth-order valence-electron chi connectivity index (χ4n) is 0.831. The Morgan fingerprint density at radius 2 is 2.17 bits per heavy atom. The van der Waals surface area contributed by atoms with Crippen LogP contribution in [0.25, 0.3) is 0 Å². The summed E-state index contributed by atoms with van der Waals surface area (Å²) < 4.78 is 5.23. The van der Waals surface area contributed by atoms with Gasteiger partial charge in [0.05, 0.1) is 0 Å². The molecule has 0 saturated carbocycles. The summed E-state index contributed by atoms with van der Waals surface area (Å²) in [6.45, 7) is 8.17. The van der Waals surface area contributed by atoms with Crippen molar-refractivity contribution >= 4 is 11.8 Å². The van der Waals surface area contributed by atoms with Gasteiger partial charge in [0.1, 0.15) is 0 Å². The molecule has 0 heterocycles. The Hall–Kier alpha value is 0.270. The molecule has 0 aliphatic heterocycles. The third-order valence-corrected chi connectivity index (χ3v) is 2.52. The van der Waals surface area contributed by atoms with Crippen LogP contribution in [0.3, 0.4) is 0 Å². The van der Waals surface area contributed by atoms with E-state index in [1.165, 1.54) is 17.9 Å². The molecule has 0 aliphatic rings. The predicted octanol–water partition coefficient (Wildman–Crippen LogP) is 2.00. The first-order chi connectivity index (χ1) is 5.91. The molecule has 0 atom stereocenters. The summed E-state index contributed by atoms with van der Waals surface area (Å²) in [5.74, 6) is 2.45. The Morgan fingerprint density at radius 3 is 2.83 bits per heavy atom. The largest absolute Gasteiger partial charge is 0.382 e. The zero-order valence-corrected chi connectivity index (χ0v) is 9.08. The van der Waals surface area contributed by atoms with Crippen molar-refractivity contribution in [3.63, 3.8) is 0 Å². The van der Waals surface area contributed by atoms with Gasteiger partial charge < -0.3 is 10.1 Å². The second-order valence-corrected chi connectivity index (χ2v) is 3.74. The topological polar surface area (TPSA) is 21.3 Å². The van der Waals surface area contributed by atoms with Gasteiger partial charge in [-0.3, -0.25) is 0 Å². The van der Waals surface area contributed by atoms with E-state index >= 15 is 0 Å².